The lowest BCUT2D eigenvalue weighted by Gasteiger charge is -2.15. The van der Waals surface area contributed by atoms with Crippen molar-refractivity contribution in [3.05, 3.63) is 64.7 Å². The van der Waals surface area contributed by atoms with Gasteiger partial charge in [-0.2, -0.15) is 0 Å². The van der Waals surface area contributed by atoms with Gasteiger partial charge in [-0.3, -0.25) is 0 Å². The zero-order valence-corrected chi connectivity index (χ0v) is 10.8. The van der Waals surface area contributed by atoms with Gasteiger partial charge < -0.3 is 10.5 Å². The Labute approximate surface area is 110 Å². The van der Waals surface area contributed by atoms with Crippen LogP contribution in [-0.2, 0) is 0 Å². The molecule has 1 unspecified atom stereocenters. The van der Waals surface area contributed by atoms with E-state index in [9.17, 15) is 8.78 Å². The lowest BCUT2D eigenvalue weighted by molar-refractivity contribution is 0.404. The fourth-order valence-corrected chi connectivity index (χ4v) is 1.92. The van der Waals surface area contributed by atoms with Crippen LogP contribution in [0.15, 0.2) is 36.4 Å². The van der Waals surface area contributed by atoms with Crippen LogP contribution in [0.5, 0.6) is 5.75 Å². The molecular weight excluding hydrogens is 248 g/mol. The van der Waals surface area contributed by atoms with Crippen molar-refractivity contribution in [2.75, 3.05) is 7.11 Å². The summed E-state index contributed by atoms with van der Waals surface area (Å²) in [5.41, 5.74) is 7.51. The molecule has 1 atom stereocenters. The Kier molecular flexibility index (Phi) is 3.81. The normalized spacial score (nSPS) is 12.3. The number of hydrogen-bond acceptors (Lipinski definition) is 2. The van der Waals surface area contributed by atoms with Gasteiger partial charge in [0, 0.05) is 17.7 Å². The summed E-state index contributed by atoms with van der Waals surface area (Å²) in [7, 11) is 1.35. The average molecular weight is 263 g/mol. The monoisotopic (exact) mass is 263 g/mol. The van der Waals surface area contributed by atoms with Gasteiger partial charge in [0.15, 0.2) is 0 Å². The maximum atomic E-state index is 13.9. The molecule has 2 rings (SSSR count). The van der Waals surface area contributed by atoms with Crippen LogP contribution in [0.1, 0.15) is 22.7 Å². The van der Waals surface area contributed by atoms with Crippen LogP contribution in [-0.4, -0.2) is 7.11 Å². The molecule has 4 heteroatoms. The topological polar surface area (TPSA) is 35.2 Å². The maximum absolute atomic E-state index is 13.9. The van der Waals surface area contributed by atoms with Crippen molar-refractivity contribution in [2.45, 2.75) is 13.0 Å². The zero-order chi connectivity index (χ0) is 14.0. The quantitative estimate of drug-likeness (QED) is 0.921. The second kappa shape index (κ2) is 5.36. The van der Waals surface area contributed by atoms with Crippen LogP contribution in [0.2, 0.25) is 0 Å². The van der Waals surface area contributed by atoms with E-state index < -0.39 is 17.7 Å². The van der Waals surface area contributed by atoms with Gasteiger partial charge in [0.25, 0.3) is 0 Å². The maximum Gasteiger partial charge on any atom is 0.134 e. The fraction of sp³-hybridized carbons (Fsp3) is 0.200. The summed E-state index contributed by atoms with van der Waals surface area (Å²) in [6.45, 7) is 1.93. The van der Waals surface area contributed by atoms with Crippen LogP contribution in [0.3, 0.4) is 0 Å². The minimum absolute atomic E-state index is 0.134. The van der Waals surface area contributed by atoms with E-state index in [-0.39, 0.29) is 11.3 Å². The van der Waals surface area contributed by atoms with Gasteiger partial charge in [0.05, 0.1) is 13.2 Å². The molecule has 2 nitrogen and oxygen atoms in total. The molecule has 0 saturated heterocycles. The molecule has 0 fully saturated rings. The van der Waals surface area contributed by atoms with E-state index in [0.717, 1.165) is 17.7 Å². The van der Waals surface area contributed by atoms with E-state index in [1.165, 1.54) is 7.11 Å². The van der Waals surface area contributed by atoms with E-state index in [0.29, 0.717) is 5.56 Å². The third kappa shape index (κ3) is 2.74. The van der Waals surface area contributed by atoms with Crippen molar-refractivity contribution in [1.29, 1.82) is 0 Å². The van der Waals surface area contributed by atoms with Gasteiger partial charge in [0.2, 0.25) is 0 Å². The largest absolute Gasteiger partial charge is 0.497 e. The van der Waals surface area contributed by atoms with Crippen molar-refractivity contribution in [2.24, 2.45) is 5.73 Å². The first-order valence-corrected chi connectivity index (χ1v) is 5.88. The second-order valence-corrected chi connectivity index (χ2v) is 4.39. The molecule has 0 aliphatic heterocycles. The first-order chi connectivity index (χ1) is 9.02. The number of rotatable bonds is 3. The molecule has 0 aromatic heterocycles. The lowest BCUT2D eigenvalue weighted by atomic mass is 9.97. The Hall–Kier alpha value is -1.94. The van der Waals surface area contributed by atoms with Crippen molar-refractivity contribution >= 4 is 0 Å². The summed E-state index contributed by atoms with van der Waals surface area (Å²) < 4.78 is 32.6. The van der Waals surface area contributed by atoms with Crippen LogP contribution in [0, 0.1) is 18.6 Å². The standard InChI is InChI=1S/C15H15F2NO/c1-9-3-5-10(6-4-9)15(18)14-12(16)7-11(19-2)8-13(14)17/h3-8,15H,18H2,1-2H3. The SMILES string of the molecule is COc1cc(F)c(C(N)c2ccc(C)cc2)c(F)c1. The predicted octanol–water partition coefficient (Wildman–Crippen LogP) is 3.33. The number of aryl methyl sites for hydroxylation is 1. The number of benzene rings is 2. The number of nitrogens with two attached hydrogens (primary N) is 1. The van der Waals surface area contributed by atoms with Crippen LogP contribution in [0.4, 0.5) is 8.78 Å². The van der Waals surface area contributed by atoms with Crippen LogP contribution < -0.4 is 10.5 Å². The molecule has 0 aliphatic carbocycles. The van der Waals surface area contributed by atoms with Gasteiger partial charge in [-0.15, -0.1) is 0 Å². The molecule has 2 N–H and O–H groups in total. The lowest BCUT2D eigenvalue weighted by Crippen LogP contribution is -2.15. The predicted molar refractivity (Wildman–Crippen MR) is 70.1 cm³/mol. The summed E-state index contributed by atoms with van der Waals surface area (Å²) in [6, 6.07) is 8.67. The van der Waals surface area contributed by atoms with Gasteiger partial charge in [0.1, 0.15) is 17.4 Å². The molecule has 0 aliphatic rings. The van der Waals surface area contributed by atoms with E-state index in [4.69, 9.17) is 10.5 Å². The first kappa shape index (κ1) is 13.5. The van der Waals surface area contributed by atoms with Crippen LogP contribution >= 0.6 is 0 Å². The smallest absolute Gasteiger partial charge is 0.134 e. The van der Waals surface area contributed by atoms with Gasteiger partial charge in [-0.1, -0.05) is 29.8 Å². The summed E-state index contributed by atoms with van der Waals surface area (Å²) in [5, 5.41) is 0. The minimum Gasteiger partial charge on any atom is -0.497 e. The Morgan fingerprint density at radius 1 is 1.05 bits per heavy atom. The van der Waals surface area contributed by atoms with Crippen molar-refractivity contribution in [1.82, 2.24) is 0 Å². The van der Waals surface area contributed by atoms with E-state index in [1.807, 2.05) is 19.1 Å². The number of halogens is 2. The molecule has 0 bridgehead atoms. The summed E-state index contributed by atoms with van der Waals surface area (Å²) in [4.78, 5) is 0. The molecule has 2 aromatic rings. The highest BCUT2D eigenvalue weighted by Crippen LogP contribution is 2.28. The number of ether oxygens (including phenoxy) is 1. The molecule has 0 saturated carbocycles. The number of methoxy groups -OCH3 is 1. The molecule has 0 amide bonds. The van der Waals surface area contributed by atoms with Crippen molar-refractivity contribution in [3.8, 4) is 5.75 Å². The molecule has 0 radical (unpaired) electrons. The summed E-state index contributed by atoms with van der Waals surface area (Å²) in [5.74, 6) is -1.27. The van der Waals surface area contributed by atoms with Crippen LogP contribution in [0.25, 0.3) is 0 Å². The molecule has 2 aromatic carbocycles. The third-order valence-electron chi connectivity index (χ3n) is 3.04. The average Bonchev–Trinajstić information content (AvgIpc) is 2.38. The van der Waals surface area contributed by atoms with E-state index >= 15 is 0 Å². The summed E-state index contributed by atoms with van der Waals surface area (Å²) in [6.07, 6.45) is 0. The fourth-order valence-electron chi connectivity index (χ4n) is 1.92. The second-order valence-electron chi connectivity index (χ2n) is 4.39. The third-order valence-corrected chi connectivity index (χ3v) is 3.04. The Bertz CT molecular complexity index is 558. The highest BCUT2D eigenvalue weighted by atomic mass is 19.1. The highest BCUT2D eigenvalue weighted by molar-refractivity contribution is 5.38. The van der Waals surface area contributed by atoms with Crippen molar-refractivity contribution < 1.29 is 13.5 Å². The minimum atomic E-state index is -0.841. The molecule has 0 spiro atoms. The van der Waals surface area contributed by atoms with Gasteiger partial charge in [-0.25, -0.2) is 8.78 Å². The Balaban J connectivity index is 2.44. The Morgan fingerprint density at radius 2 is 1.58 bits per heavy atom. The van der Waals surface area contributed by atoms with E-state index in [2.05, 4.69) is 0 Å². The molecule has 100 valence electrons. The van der Waals surface area contributed by atoms with E-state index in [1.54, 1.807) is 12.1 Å². The first-order valence-electron chi connectivity index (χ1n) is 5.88. The zero-order valence-electron chi connectivity index (χ0n) is 10.8. The Morgan fingerprint density at radius 3 is 2.05 bits per heavy atom. The highest BCUT2D eigenvalue weighted by Gasteiger charge is 2.19. The number of hydrogen-bond donors (Lipinski definition) is 1. The summed E-state index contributed by atoms with van der Waals surface area (Å²) >= 11 is 0. The van der Waals surface area contributed by atoms with Gasteiger partial charge in [-0.05, 0) is 12.5 Å². The molecule has 0 heterocycles. The molecule has 19 heavy (non-hydrogen) atoms. The van der Waals surface area contributed by atoms with Crippen molar-refractivity contribution in [3.63, 3.8) is 0 Å². The van der Waals surface area contributed by atoms with Gasteiger partial charge >= 0.3 is 0 Å². The molecular formula is C15H15F2NO.